The molecule has 104 valence electrons. The van der Waals surface area contributed by atoms with E-state index in [4.69, 9.17) is 0 Å². The quantitative estimate of drug-likeness (QED) is 0.774. The minimum atomic E-state index is -5.67. The van der Waals surface area contributed by atoms with Gasteiger partial charge in [0.05, 0.1) is 5.69 Å². The maximum Gasteiger partial charge on any atom is 0.459 e. The second-order valence-corrected chi connectivity index (χ2v) is 5.32. The first-order valence-corrected chi connectivity index (χ1v) is 5.20. The lowest BCUT2D eigenvalue weighted by molar-refractivity contribution is -0.291. The molecule has 1 aromatic heterocycles. The Balaban J connectivity index is 3.27. The molecule has 0 amide bonds. The van der Waals surface area contributed by atoms with Crippen LogP contribution in [0.4, 0.5) is 22.0 Å². The largest absolute Gasteiger partial charge is 0.459 e. The van der Waals surface area contributed by atoms with Crippen LogP contribution in [0.3, 0.4) is 0 Å². The molecule has 1 rings (SSSR count). The average Bonchev–Trinajstić information content (AvgIpc) is 2.43. The van der Waals surface area contributed by atoms with Crippen molar-refractivity contribution in [2.45, 2.75) is 39.3 Å². The summed E-state index contributed by atoms with van der Waals surface area (Å²) in [6, 6.07) is 0. The average molecular weight is 271 g/mol. The Morgan fingerprint density at radius 1 is 1.06 bits per heavy atom. The Morgan fingerprint density at radius 3 is 1.94 bits per heavy atom. The van der Waals surface area contributed by atoms with Crippen LogP contribution in [-0.4, -0.2) is 21.2 Å². The first-order valence-electron chi connectivity index (χ1n) is 5.20. The van der Waals surface area contributed by atoms with E-state index in [1.807, 2.05) is 0 Å². The fourth-order valence-corrected chi connectivity index (χ4v) is 1.46. The highest BCUT2D eigenvalue weighted by atomic mass is 19.4. The summed E-state index contributed by atoms with van der Waals surface area (Å²) in [6.45, 7) is 5.19. The van der Waals surface area contributed by atoms with E-state index in [0.29, 0.717) is 0 Å². The van der Waals surface area contributed by atoms with E-state index in [9.17, 15) is 22.0 Å². The number of hydrogen-bond donors (Lipinski definition) is 0. The maximum absolute atomic E-state index is 13.3. The van der Waals surface area contributed by atoms with Gasteiger partial charge in [0.1, 0.15) is 0 Å². The van der Waals surface area contributed by atoms with Gasteiger partial charge >= 0.3 is 12.1 Å². The zero-order chi connectivity index (χ0) is 14.4. The van der Waals surface area contributed by atoms with Gasteiger partial charge in [0.15, 0.2) is 5.69 Å². The van der Waals surface area contributed by atoms with Crippen molar-refractivity contribution in [1.82, 2.24) is 15.0 Å². The first kappa shape index (κ1) is 14.8. The van der Waals surface area contributed by atoms with Gasteiger partial charge in [-0.05, 0) is 11.8 Å². The van der Waals surface area contributed by atoms with Crippen molar-refractivity contribution in [3.05, 3.63) is 11.4 Å². The van der Waals surface area contributed by atoms with Gasteiger partial charge in [-0.25, -0.2) is 0 Å². The highest BCUT2D eigenvalue weighted by Gasteiger charge is 2.61. The van der Waals surface area contributed by atoms with Gasteiger partial charge < -0.3 is 0 Å². The molecule has 0 aliphatic heterocycles. The molecule has 0 atom stereocenters. The van der Waals surface area contributed by atoms with E-state index < -0.39 is 23.2 Å². The second kappa shape index (κ2) is 4.17. The Hall–Kier alpha value is -1.21. The number of aromatic nitrogens is 3. The van der Waals surface area contributed by atoms with E-state index >= 15 is 0 Å². The number of aryl methyl sites for hydroxylation is 1. The summed E-state index contributed by atoms with van der Waals surface area (Å²) in [4.78, 5) is 0. The zero-order valence-electron chi connectivity index (χ0n) is 10.4. The summed E-state index contributed by atoms with van der Waals surface area (Å²) in [5, 5.41) is 6.25. The molecule has 0 aromatic carbocycles. The van der Waals surface area contributed by atoms with Crippen molar-refractivity contribution in [2.75, 3.05) is 0 Å². The van der Waals surface area contributed by atoms with E-state index in [0.717, 1.165) is 4.68 Å². The Labute approximate surface area is 101 Å². The van der Waals surface area contributed by atoms with Gasteiger partial charge in [-0.15, -0.1) is 5.10 Å². The molecule has 1 aromatic rings. The molecular formula is C10H14F5N3. The second-order valence-electron chi connectivity index (χ2n) is 5.32. The molecule has 0 saturated heterocycles. The number of hydrogen-bond acceptors (Lipinski definition) is 2. The van der Waals surface area contributed by atoms with Gasteiger partial charge in [-0.3, -0.25) is 4.68 Å². The minimum Gasteiger partial charge on any atom is -0.252 e. The molecule has 18 heavy (non-hydrogen) atoms. The Bertz CT molecular complexity index is 428. The predicted octanol–water partition coefficient (Wildman–Crippen LogP) is 3.06. The fourth-order valence-electron chi connectivity index (χ4n) is 1.46. The summed E-state index contributed by atoms with van der Waals surface area (Å²) in [5.74, 6) is -4.98. The SMILES string of the molecule is Cn1nnc(C(F)(F)C(F)(F)F)c1CC(C)(C)C. The monoisotopic (exact) mass is 271 g/mol. The molecule has 0 N–H and O–H groups in total. The van der Waals surface area contributed by atoms with E-state index in [1.165, 1.54) is 7.05 Å². The molecule has 0 bridgehead atoms. The normalized spacial score (nSPS) is 14.1. The zero-order valence-corrected chi connectivity index (χ0v) is 10.4. The van der Waals surface area contributed by atoms with Crippen molar-refractivity contribution in [2.24, 2.45) is 12.5 Å². The molecule has 1 heterocycles. The van der Waals surface area contributed by atoms with E-state index in [1.54, 1.807) is 20.8 Å². The van der Waals surface area contributed by atoms with Crippen molar-refractivity contribution in [1.29, 1.82) is 0 Å². The molecular weight excluding hydrogens is 257 g/mol. The van der Waals surface area contributed by atoms with Crippen LogP contribution in [0.5, 0.6) is 0 Å². The summed E-state index contributed by atoms with van der Waals surface area (Å²) >= 11 is 0. The molecule has 0 fully saturated rings. The lowest BCUT2D eigenvalue weighted by Crippen LogP contribution is -2.35. The lowest BCUT2D eigenvalue weighted by atomic mass is 9.89. The highest BCUT2D eigenvalue weighted by molar-refractivity contribution is 5.19. The first-order chi connectivity index (χ1) is 7.86. The molecule has 0 radical (unpaired) electrons. The molecule has 0 saturated carbocycles. The minimum absolute atomic E-state index is 0.0253. The van der Waals surface area contributed by atoms with Crippen LogP contribution in [0, 0.1) is 5.41 Å². The van der Waals surface area contributed by atoms with Crippen LogP contribution in [0.1, 0.15) is 32.2 Å². The van der Waals surface area contributed by atoms with Crippen LogP contribution in [-0.2, 0) is 19.4 Å². The van der Waals surface area contributed by atoms with Gasteiger partial charge in [0.2, 0.25) is 0 Å². The molecule has 0 unspecified atom stereocenters. The van der Waals surface area contributed by atoms with Crippen molar-refractivity contribution in [3.63, 3.8) is 0 Å². The van der Waals surface area contributed by atoms with E-state index in [2.05, 4.69) is 10.3 Å². The highest BCUT2D eigenvalue weighted by Crippen LogP contribution is 2.44. The number of rotatable bonds is 2. The third-order valence-corrected chi connectivity index (χ3v) is 2.29. The van der Waals surface area contributed by atoms with Crippen molar-refractivity contribution >= 4 is 0 Å². The topological polar surface area (TPSA) is 30.7 Å². The summed E-state index contributed by atoms with van der Waals surface area (Å²) in [6.07, 6.45) is -5.65. The van der Waals surface area contributed by atoms with E-state index in [-0.39, 0.29) is 12.1 Å². The summed E-state index contributed by atoms with van der Waals surface area (Å²) in [7, 11) is 1.30. The molecule has 8 heteroatoms. The van der Waals surface area contributed by atoms with Crippen molar-refractivity contribution < 1.29 is 22.0 Å². The molecule has 0 aliphatic rings. The Morgan fingerprint density at radius 2 is 1.56 bits per heavy atom. The van der Waals surface area contributed by atoms with Gasteiger partial charge in [-0.2, -0.15) is 22.0 Å². The molecule has 0 aliphatic carbocycles. The number of halogens is 5. The van der Waals surface area contributed by atoms with Gasteiger partial charge in [-0.1, -0.05) is 26.0 Å². The summed E-state index contributed by atoms with van der Waals surface area (Å²) in [5.41, 5.74) is -1.97. The number of alkyl halides is 5. The third kappa shape index (κ3) is 2.78. The van der Waals surface area contributed by atoms with Crippen molar-refractivity contribution in [3.8, 4) is 0 Å². The molecule has 0 spiro atoms. The van der Waals surface area contributed by atoms with Crippen LogP contribution in [0.15, 0.2) is 0 Å². The lowest BCUT2D eigenvalue weighted by Gasteiger charge is -2.22. The predicted molar refractivity (Wildman–Crippen MR) is 54.1 cm³/mol. The Kier molecular flexibility index (Phi) is 3.44. The van der Waals surface area contributed by atoms with Crippen LogP contribution in [0.25, 0.3) is 0 Å². The van der Waals surface area contributed by atoms with Gasteiger partial charge in [0, 0.05) is 7.05 Å². The van der Waals surface area contributed by atoms with Crippen LogP contribution >= 0.6 is 0 Å². The smallest absolute Gasteiger partial charge is 0.252 e. The van der Waals surface area contributed by atoms with Crippen LogP contribution < -0.4 is 0 Å². The number of nitrogens with zero attached hydrogens (tertiary/aromatic N) is 3. The fraction of sp³-hybridized carbons (Fsp3) is 0.800. The standard InChI is InChI=1S/C10H14F5N3/c1-8(2,3)5-6-7(16-17-18(6)4)9(11,12)10(13,14)15/h5H2,1-4H3. The third-order valence-electron chi connectivity index (χ3n) is 2.29. The molecule has 3 nitrogen and oxygen atoms in total. The van der Waals surface area contributed by atoms with Gasteiger partial charge in [0.25, 0.3) is 0 Å². The van der Waals surface area contributed by atoms with Crippen LogP contribution in [0.2, 0.25) is 0 Å². The maximum atomic E-state index is 13.3. The summed E-state index contributed by atoms with van der Waals surface area (Å²) < 4.78 is 64.4.